The first kappa shape index (κ1) is 18.1. The Balaban J connectivity index is 1.59. The standard InChI is InChI=1S/C19H24N4O3/c1-13-9-14(2)23(21-13)8-4-6-18(24)22-11-16(17(12-22)19(25)26)15-5-3-7-20-10-15/h3,5,7,9-10,16-17H,4,6,8,11-12H2,1-2H3,(H,25,26)/t16-,17+/m1/s1. The average molecular weight is 356 g/mol. The van der Waals surface area contributed by atoms with Crippen LogP contribution in [0.1, 0.15) is 35.7 Å². The highest BCUT2D eigenvalue weighted by molar-refractivity contribution is 5.79. The predicted octanol–water partition coefficient (Wildman–Crippen LogP) is 2.00. The highest BCUT2D eigenvalue weighted by atomic mass is 16.4. The maximum absolute atomic E-state index is 12.6. The van der Waals surface area contributed by atoms with Gasteiger partial charge in [0.05, 0.1) is 11.6 Å². The summed E-state index contributed by atoms with van der Waals surface area (Å²) in [5.41, 5.74) is 2.92. The van der Waals surface area contributed by atoms with Crippen molar-refractivity contribution in [3.63, 3.8) is 0 Å². The molecule has 1 aliphatic rings. The van der Waals surface area contributed by atoms with Crippen molar-refractivity contribution in [2.45, 2.75) is 39.2 Å². The van der Waals surface area contributed by atoms with E-state index in [-0.39, 0.29) is 18.4 Å². The van der Waals surface area contributed by atoms with Gasteiger partial charge in [0.2, 0.25) is 5.91 Å². The number of carbonyl (C=O) groups is 2. The lowest BCUT2D eigenvalue weighted by molar-refractivity contribution is -0.141. The molecular formula is C19H24N4O3. The highest BCUT2D eigenvalue weighted by Crippen LogP contribution is 2.33. The van der Waals surface area contributed by atoms with Gasteiger partial charge in [0, 0.05) is 50.1 Å². The number of likely N-dealkylation sites (tertiary alicyclic amines) is 1. The topological polar surface area (TPSA) is 88.3 Å². The lowest BCUT2D eigenvalue weighted by Crippen LogP contribution is -2.29. The summed E-state index contributed by atoms with van der Waals surface area (Å²) in [6.07, 6.45) is 4.44. The van der Waals surface area contributed by atoms with E-state index in [0.717, 1.165) is 17.0 Å². The van der Waals surface area contributed by atoms with Crippen LogP contribution < -0.4 is 0 Å². The van der Waals surface area contributed by atoms with Gasteiger partial charge in [0.15, 0.2) is 0 Å². The minimum Gasteiger partial charge on any atom is -0.481 e. The van der Waals surface area contributed by atoms with E-state index in [1.165, 1.54) is 0 Å². The molecule has 0 bridgehead atoms. The van der Waals surface area contributed by atoms with Crippen LogP contribution in [0.5, 0.6) is 0 Å². The summed E-state index contributed by atoms with van der Waals surface area (Å²) < 4.78 is 1.91. The zero-order chi connectivity index (χ0) is 18.7. The second-order valence-corrected chi connectivity index (χ2v) is 6.89. The molecule has 3 heterocycles. The normalized spacial score (nSPS) is 19.7. The van der Waals surface area contributed by atoms with Crippen LogP contribution in [0.15, 0.2) is 30.6 Å². The van der Waals surface area contributed by atoms with Crippen LogP contribution in [0, 0.1) is 19.8 Å². The van der Waals surface area contributed by atoms with E-state index in [9.17, 15) is 14.7 Å². The van der Waals surface area contributed by atoms with Crippen molar-refractivity contribution in [1.82, 2.24) is 19.7 Å². The van der Waals surface area contributed by atoms with Gasteiger partial charge in [-0.05, 0) is 38.0 Å². The number of carboxylic acids is 1. The summed E-state index contributed by atoms with van der Waals surface area (Å²) in [7, 11) is 0. The number of aryl methyl sites for hydroxylation is 3. The third kappa shape index (κ3) is 3.92. The van der Waals surface area contributed by atoms with Gasteiger partial charge in [-0.2, -0.15) is 5.10 Å². The number of carboxylic acid groups (broad SMARTS) is 1. The van der Waals surface area contributed by atoms with Crippen LogP contribution in [0.25, 0.3) is 0 Å². The molecule has 0 radical (unpaired) electrons. The molecule has 138 valence electrons. The van der Waals surface area contributed by atoms with Crippen LogP contribution in [-0.2, 0) is 16.1 Å². The SMILES string of the molecule is Cc1cc(C)n(CCCC(=O)N2C[C@H](C(=O)O)[C@@H](c3cccnc3)C2)n1. The Labute approximate surface area is 152 Å². The first-order valence-electron chi connectivity index (χ1n) is 8.87. The van der Waals surface area contributed by atoms with Crippen molar-refractivity contribution in [3.8, 4) is 0 Å². The molecule has 0 aromatic carbocycles. The monoisotopic (exact) mass is 356 g/mol. The van der Waals surface area contributed by atoms with Gasteiger partial charge in [0.25, 0.3) is 0 Å². The highest BCUT2D eigenvalue weighted by Gasteiger charge is 2.40. The fourth-order valence-electron chi connectivity index (χ4n) is 3.63. The number of amides is 1. The van der Waals surface area contributed by atoms with E-state index < -0.39 is 11.9 Å². The molecule has 3 rings (SSSR count). The third-order valence-electron chi connectivity index (χ3n) is 4.97. The number of hydrogen-bond acceptors (Lipinski definition) is 4. The molecule has 0 saturated carbocycles. The minimum atomic E-state index is -0.864. The molecule has 0 unspecified atom stereocenters. The molecule has 0 aliphatic carbocycles. The van der Waals surface area contributed by atoms with E-state index in [1.807, 2.05) is 30.7 Å². The summed E-state index contributed by atoms with van der Waals surface area (Å²) >= 11 is 0. The number of carbonyl (C=O) groups excluding carboxylic acids is 1. The zero-order valence-corrected chi connectivity index (χ0v) is 15.1. The van der Waals surface area contributed by atoms with Crippen molar-refractivity contribution in [2.24, 2.45) is 5.92 Å². The van der Waals surface area contributed by atoms with E-state index in [0.29, 0.717) is 25.9 Å². The molecule has 2 atom stereocenters. The molecule has 1 N–H and O–H groups in total. The lowest BCUT2D eigenvalue weighted by Gasteiger charge is -2.16. The first-order chi connectivity index (χ1) is 12.5. The molecule has 1 fully saturated rings. The van der Waals surface area contributed by atoms with Gasteiger partial charge < -0.3 is 10.0 Å². The second-order valence-electron chi connectivity index (χ2n) is 6.89. The Kier molecular flexibility index (Phi) is 5.35. The zero-order valence-electron chi connectivity index (χ0n) is 15.1. The van der Waals surface area contributed by atoms with Crippen molar-refractivity contribution in [2.75, 3.05) is 13.1 Å². The van der Waals surface area contributed by atoms with Gasteiger partial charge in [-0.3, -0.25) is 19.3 Å². The van der Waals surface area contributed by atoms with Crippen LogP contribution >= 0.6 is 0 Å². The molecule has 0 spiro atoms. The predicted molar refractivity (Wildman–Crippen MR) is 95.6 cm³/mol. The quantitative estimate of drug-likeness (QED) is 0.855. The van der Waals surface area contributed by atoms with E-state index >= 15 is 0 Å². The smallest absolute Gasteiger partial charge is 0.308 e. The van der Waals surface area contributed by atoms with Crippen molar-refractivity contribution in [1.29, 1.82) is 0 Å². The van der Waals surface area contributed by atoms with Gasteiger partial charge in [-0.15, -0.1) is 0 Å². The molecule has 2 aromatic rings. The van der Waals surface area contributed by atoms with Gasteiger partial charge in [-0.1, -0.05) is 6.07 Å². The molecule has 7 heteroatoms. The Morgan fingerprint density at radius 1 is 1.31 bits per heavy atom. The van der Waals surface area contributed by atoms with Crippen molar-refractivity contribution in [3.05, 3.63) is 47.5 Å². The van der Waals surface area contributed by atoms with Crippen LogP contribution in [0.4, 0.5) is 0 Å². The number of rotatable bonds is 6. The molecule has 7 nitrogen and oxygen atoms in total. The minimum absolute atomic E-state index is 0.00386. The number of aromatic nitrogens is 3. The van der Waals surface area contributed by atoms with E-state index in [1.54, 1.807) is 23.4 Å². The third-order valence-corrected chi connectivity index (χ3v) is 4.97. The molecule has 26 heavy (non-hydrogen) atoms. The van der Waals surface area contributed by atoms with Crippen molar-refractivity contribution >= 4 is 11.9 Å². The fraction of sp³-hybridized carbons (Fsp3) is 0.474. The van der Waals surface area contributed by atoms with Gasteiger partial charge in [0.1, 0.15) is 0 Å². The Bertz CT molecular complexity index is 787. The van der Waals surface area contributed by atoms with Crippen LogP contribution in [0.3, 0.4) is 0 Å². The fourth-order valence-corrected chi connectivity index (χ4v) is 3.63. The van der Waals surface area contributed by atoms with Gasteiger partial charge >= 0.3 is 5.97 Å². The first-order valence-corrected chi connectivity index (χ1v) is 8.87. The number of nitrogens with zero attached hydrogens (tertiary/aromatic N) is 4. The number of hydrogen-bond donors (Lipinski definition) is 1. The Hall–Kier alpha value is -2.70. The Morgan fingerprint density at radius 3 is 2.73 bits per heavy atom. The summed E-state index contributed by atoms with van der Waals surface area (Å²) in [4.78, 5) is 29.9. The van der Waals surface area contributed by atoms with Crippen molar-refractivity contribution < 1.29 is 14.7 Å². The summed E-state index contributed by atoms with van der Waals surface area (Å²) in [6.45, 7) is 5.32. The largest absolute Gasteiger partial charge is 0.481 e. The second kappa shape index (κ2) is 7.68. The summed E-state index contributed by atoms with van der Waals surface area (Å²) in [6, 6.07) is 5.69. The molecule has 1 aliphatic heterocycles. The average Bonchev–Trinajstić information content (AvgIpc) is 3.19. The van der Waals surface area contributed by atoms with Gasteiger partial charge in [-0.25, -0.2) is 0 Å². The molecular weight excluding hydrogens is 332 g/mol. The number of pyridine rings is 1. The molecule has 2 aromatic heterocycles. The summed E-state index contributed by atoms with van der Waals surface area (Å²) in [5, 5.41) is 13.9. The maximum Gasteiger partial charge on any atom is 0.308 e. The molecule has 1 amide bonds. The lowest BCUT2D eigenvalue weighted by atomic mass is 9.90. The van der Waals surface area contributed by atoms with Crippen LogP contribution in [-0.4, -0.2) is 49.7 Å². The van der Waals surface area contributed by atoms with E-state index in [2.05, 4.69) is 10.1 Å². The number of aliphatic carboxylic acids is 1. The molecule has 1 saturated heterocycles. The Morgan fingerprint density at radius 2 is 2.12 bits per heavy atom. The van der Waals surface area contributed by atoms with Crippen LogP contribution in [0.2, 0.25) is 0 Å². The summed E-state index contributed by atoms with van der Waals surface area (Å²) in [5.74, 6) is -1.65. The van der Waals surface area contributed by atoms with E-state index in [4.69, 9.17) is 0 Å². The maximum atomic E-state index is 12.6.